The zero-order chi connectivity index (χ0) is 22.9. The molecule has 1 fully saturated rings. The summed E-state index contributed by atoms with van der Waals surface area (Å²) in [5, 5.41) is 8.80. The van der Waals surface area contributed by atoms with Gasteiger partial charge in [0.15, 0.2) is 0 Å². The lowest BCUT2D eigenvalue weighted by molar-refractivity contribution is 0.0687. The highest BCUT2D eigenvalue weighted by atomic mass is 32.2. The van der Waals surface area contributed by atoms with Crippen molar-refractivity contribution < 1.29 is 13.2 Å². The predicted octanol–water partition coefficient (Wildman–Crippen LogP) is 2.97. The van der Waals surface area contributed by atoms with Gasteiger partial charge in [0, 0.05) is 31.7 Å². The maximum absolute atomic E-state index is 13.3. The van der Waals surface area contributed by atoms with Crippen LogP contribution in [0.2, 0.25) is 0 Å². The molecule has 0 spiro atoms. The zero-order valence-electron chi connectivity index (χ0n) is 19.2. The number of hydrogen-bond acceptors (Lipinski definition) is 5. The van der Waals surface area contributed by atoms with E-state index in [0.717, 1.165) is 36.9 Å². The number of benzene rings is 1. The van der Waals surface area contributed by atoms with Gasteiger partial charge in [-0.3, -0.25) is 4.79 Å². The summed E-state index contributed by atoms with van der Waals surface area (Å²) >= 11 is 0. The Balaban J connectivity index is 1.49. The first-order chi connectivity index (χ1) is 15.4. The molecule has 0 N–H and O–H groups in total. The van der Waals surface area contributed by atoms with Gasteiger partial charge in [-0.25, -0.2) is 13.1 Å². The Labute approximate surface area is 190 Å². The van der Waals surface area contributed by atoms with Gasteiger partial charge in [0.2, 0.25) is 10.0 Å². The van der Waals surface area contributed by atoms with Crippen LogP contribution in [0.15, 0.2) is 23.1 Å². The standard InChI is InChI=1S/C23H33N5O3S/c1-4-27(5-2)32(30,31)19-11-10-17(3)20(16-19)23(29)26-14-12-18(13-15-26)28-22-9-7-6-8-21(22)24-25-28/h10-11,16,18H,4-9,12-15H2,1-3H3. The number of amides is 1. The zero-order valence-corrected chi connectivity index (χ0v) is 20.1. The van der Waals surface area contributed by atoms with Crippen LogP contribution < -0.4 is 0 Å². The van der Waals surface area contributed by atoms with Crippen molar-refractivity contribution in [2.45, 2.75) is 70.2 Å². The molecule has 0 radical (unpaired) electrons. The fourth-order valence-corrected chi connectivity index (χ4v) is 6.35. The lowest BCUT2D eigenvalue weighted by Crippen LogP contribution is -2.40. The Bertz CT molecular complexity index is 1080. The molecule has 1 aliphatic carbocycles. The Hall–Kier alpha value is -2.26. The monoisotopic (exact) mass is 459 g/mol. The summed E-state index contributed by atoms with van der Waals surface area (Å²) in [4.78, 5) is 15.3. The summed E-state index contributed by atoms with van der Waals surface area (Å²) in [7, 11) is -3.61. The molecule has 9 heteroatoms. The number of carbonyl (C=O) groups excluding carboxylic acids is 1. The van der Waals surface area contributed by atoms with Crippen LogP contribution in [0.25, 0.3) is 0 Å². The van der Waals surface area contributed by atoms with E-state index in [4.69, 9.17) is 0 Å². The molecular weight excluding hydrogens is 426 g/mol. The molecule has 174 valence electrons. The maximum atomic E-state index is 13.3. The fourth-order valence-electron chi connectivity index (χ4n) is 4.87. The van der Waals surface area contributed by atoms with Crippen molar-refractivity contribution in [1.82, 2.24) is 24.2 Å². The minimum atomic E-state index is -3.61. The number of hydrogen-bond donors (Lipinski definition) is 0. The molecule has 4 rings (SSSR count). The van der Waals surface area contributed by atoms with E-state index >= 15 is 0 Å². The molecule has 1 saturated heterocycles. The van der Waals surface area contributed by atoms with Crippen LogP contribution in [0.4, 0.5) is 0 Å². The van der Waals surface area contributed by atoms with Gasteiger partial charge < -0.3 is 4.90 Å². The summed E-state index contributed by atoms with van der Waals surface area (Å²) < 4.78 is 29.4. The molecule has 2 heterocycles. The Kier molecular flexibility index (Phi) is 6.67. The number of likely N-dealkylation sites (tertiary alicyclic amines) is 1. The first kappa shape index (κ1) is 22.9. The molecule has 8 nitrogen and oxygen atoms in total. The number of fused-ring (bicyclic) bond motifs is 1. The van der Waals surface area contributed by atoms with Gasteiger partial charge in [-0.15, -0.1) is 5.10 Å². The van der Waals surface area contributed by atoms with Gasteiger partial charge in [-0.05, 0) is 63.1 Å². The molecule has 1 amide bonds. The van der Waals surface area contributed by atoms with E-state index in [0.29, 0.717) is 31.7 Å². The quantitative estimate of drug-likeness (QED) is 0.663. The average Bonchev–Trinajstić information content (AvgIpc) is 3.24. The van der Waals surface area contributed by atoms with E-state index in [9.17, 15) is 13.2 Å². The van der Waals surface area contributed by atoms with Gasteiger partial charge in [0.1, 0.15) is 0 Å². The van der Waals surface area contributed by atoms with Crippen molar-refractivity contribution in [2.75, 3.05) is 26.2 Å². The predicted molar refractivity (Wildman–Crippen MR) is 122 cm³/mol. The minimum absolute atomic E-state index is 0.0989. The summed E-state index contributed by atoms with van der Waals surface area (Å²) in [6.07, 6.45) is 6.08. The molecule has 2 aromatic rings. The largest absolute Gasteiger partial charge is 0.338 e. The summed E-state index contributed by atoms with van der Waals surface area (Å²) in [5.41, 5.74) is 3.67. The molecular formula is C23H33N5O3S. The van der Waals surface area contributed by atoms with Gasteiger partial charge in [-0.2, -0.15) is 4.31 Å². The average molecular weight is 460 g/mol. The first-order valence-electron chi connectivity index (χ1n) is 11.7. The summed E-state index contributed by atoms with van der Waals surface area (Å²) in [6.45, 7) is 7.55. The number of aromatic nitrogens is 3. The van der Waals surface area contributed by atoms with Crippen LogP contribution in [0.1, 0.15) is 72.9 Å². The molecule has 1 aromatic heterocycles. The smallest absolute Gasteiger partial charge is 0.254 e. The summed E-state index contributed by atoms with van der Waals surface area (Å²) in [5.74, 6) is -0.0989. The number of piperidine rings is 1. The molecule has 2 aliphatic rings. The van der Waals surface area contributed by atoms with Crippen LogP contribution in [0.5, 0.6) is 0 Å². The second-order valence-corrected chi connectivity index (χ2v) is 10.7. The van der Waals surface area contributed by atoms with Crippen LogP contribution in [0.3, 0.4) is 0 Å². The van der Waals surface area contributed by atoms with Crippen molar-refractivity contribution in [3.05, 3.63) is 40.7 Å². The van der Waals surface area contributed by atoms with Crippen molar-refractivity contribution in [2.24, 2.45) is 0 Å². The topological polar surface area (TPSA) is 88.4 Å². The third kappa shape index (κ3) is 4.20. The van der Waals surface area contributed by atoms with Crippen molar-refractivity contribution >= 4 is 15.9 Å². The second kappa shape index (κ2) is 9.31. The Morgan fingerprint density at radius 1 is 1.12 bits per heavy atom. The van der Waals surface area contributed by atoms with E-state index in [2.05, 4.69) is 15.0 Å². The highest BCUT2D eigenvalue weighted by molar-refractivity contribution is 7.89. The van der Waals surface area contributed by atoms with Gasteiger partial charge in [0.25, 0.3) is 5.91 Å². The molecule has 32 heavy (non-hydrogen) atoms. The highest BCUT2D eigenvalue weighted by Crippen LogP contribution is 2.29. The van der Waals surface area contributed by atoms with E-state index in [1.807, 2.05) is 25.7 Å². The van der Waals surface area contributed by atoms with E-state index in [1.54, 1.807) is 18.2 Å². The lowest BCUT2D eigenvalue weighted by atomic mass is 9.98. The molecule has 0 bridgehead atoms. The Morgan fingerprint density at radius 2 is 1.81 bits per heavy atom. The van der Waals surface area contributed by atoms with Crippen LogP contribution in [-0.4, -0.2) is 64.7 Å². The molecule has 0 saturated carbocycles. The Morgan fingerprint density at radius 3 is 2.50 bits per heavy atom. The first-order valence-corrected chi connectivity index (χ1v) is 13.1. The molecule has 0 atom stereocenters. The van der Waals surface area contributed by atoms with Crippen molar-refractivity contribution in [3.8, 4) is 0 Å². The van der Waals surface area contributed by atoms with Gasteiger partial charge >= 0.3 is 0 Å². The number of aryl methyl sites for hydroxylation is 2. The van der Waals surface area contributed by atoms with Crippen molar-refractivity contribution in [3.63, 3.8) is 0 Å². The second-order valence-electron chi connectivity index (χ2n) is 8.72. The summed E-state index contributed by atoms with van der Waals surface area (Å²) in [6, 6.07) is 5.15. The number of nitrogens with zero attached hydrogens (tertiary/aromatic N) is 5. The highest BCUT2D eigenvalue weighted by Gasteiger charge is 2.30. The SMILES string of the molecule is CCN(CC)S(=O)(=O)c1ccc(C)c(C(=O)N2CCC(n3nnc4c3CCCC4)CC2)c1. The van der Waals surface area contributed by atoms with Gasteiger partial charge in [-0.1, -0.05) is 25.1 Å². The van der Waals surface area contributed by atoms with Crippen LogP contribution in [0, 0.1) is 6.92 Å². The van der Waals surface area contributed by atoms with Crippen LogP contribution >= 0.6 is 0 Å². The van der Waals surface area contributed by atoms with Crippen molar-refractivity contribution in [1.29, 1.82) is 0 Å². The van der Waals surface area contributed by atoms with Gasteiger partial charge in [0.05, 0.1) is 22.3 Å². The third-order valence-corrected chi connectivity index (χ3v) is 8.87. The number of sulfonamides is 1. The third-order valence-electron chi connectivity index (χ3n) is 6.83. The van der Waals surface area contributed by atoms with E-state index in [1.165, 1.54) is 22.8 Å². The maximum Gasteiger partial charge on any atom is 0.254 e. The van der Waals surface area contributed by atoms with E-state index in [-0.39, 0.29) is 16.8 Å². The normalized spacial score (nSPS) is 17.6. The fraction of sp³-hybridized carbons (Fsp3) is 0.609. The van der Waals surface area contributed by atoms with E-state index < -0.39 is 10.0 Å². The molecule has 1 aromatic carbocycles. The van der Waals surface area contributed by atoms with Crippen LogP contribution in [-0.2, 0) is 22.9 Å². The molecule has 1 aliphatic heterocycles. The minimum Gasteiger partial charge on any atom is -0.338 e. The lowest BCUT2D eigenvalue weighted by Gasteiger charge is -2.33. The number of rotatable bonds is 6. The number of carbonyl (C=O) groups is 1. The molecule has 0 unspecified atom stereocenters.